The SMILES string of the molecule is CC(C)N(C)S(=O)(=O)NC(C(=O)O)c1cccs1. The number of rotatable bonds is 6. The van der Waals surface area contributed by atoms with Gasteiger partial charge in [-0.25, -0.2) is 0 Å². The first-order valence-corrected chi connectivity index (χ1v) is 7.59. The lowest BCUT2D eigenvalue weighted by Gasteiger charge is -2.23. The summed E-state index contributed by atoms with van der Waals surface area (Å²) in [6, 6.07) is 1.76. The van der Waals surface area contributed by atoms with E-state index in [4.69, 9.17) is 5.11 Å². The highest BCUT2D eigenvalue weighted by molar-refractivity contribution is 7.87. The van der Waals surface area contributed by atoms with Crippen LogP contribution in [-0.2, 0) is 15.0 Å². The van der Waals surface area contributed by atoms with Crippen molar-refractivity contribution in [3.05, 3.63) is 22.4 Å². The van der Waals surface area contributed by atoms with Crippen LogP contribution in [0.4, 0.5) is 0 Å². The Balaban J connectivity index is 2.96. The molecule has 1 aromatic heterocycles. The molecule has 1 unspecified atom stereocenters. The molecule has 0 bridgehead atoms. The normalized spacial score (nSPS) is 14.1. The molecule has 1 aromatic rings. The molecule has 1 heterocycles. The highest BCUT2D eigenvalue weighted by Crippen LogP contribution is 2.20. The molecule has 102 valence electrons. The average Bonchev–Trinajstić information content (AvgIpc) is 2.77. The first-order valence-electron chi connectivity index (χ1n) is 5.27. The Hall–Kier alpha value is -0.960. The molecule has 0 fully saturated rings. The third-order valence-corrected chi connectivity index (χ3v) is 5.10. The molecule has 1 atom stereocenters. The Kier molecular flexibility index (Phi) is 4.85. The van der Waals surface area contributed by atoms with Crippen LogP contribution >= 0.6 is 11.3 Å². The largest absolute Gasteiger partial charge is 0.480 e. The fraction of sp³-hybridized carbons (Fsp3) is 0.500. The second-order valence-corrected chi connectivity index (χ2v) is 6.76. The summed E-state index contributed by atoms with van der Waals surface area (Å²) in [6.07, 6.45) is 0. The second-order valence-electron chi connectivity index (χ2n) is 4.02. The fourth-order valence-corrected chi connectivity index (χ4v) is 3.28. The van der Waals surface area contributed by atoms with Gasteiger partial charge in [0.2, 0.25) is 0 Å². The Labute approximate surface area is 110 Å². The molecule has 0 saturated carbocycles. The Morgan fingerprint density at radius 2 is 2.11 bits per heavy atom. The summed E-state index contributed by atoms with van der Waals surface area (Å²) in [5.41, 5.74) is 0. The fourth-order valence-electron chi connectivity index (χ4n) is 1.20. The van der Waals surface area contributed by atoms with Crippen LogP contribution in [0.5, 0.6) is 0 Å². The molecular formula is C10H16N2O4S2. The van der Waals surface area contributed by atoms with Gasteiger partial charge >= 0.3 is 5.97 Å². The number of hydrogen-bond acceptors (Lipinski definition) is 4. The number of hydrogen-bond donors (Lipinski definition) is 2. The zero-order valence-corrected chi connectivity index (χ0v) is 12.0. The van der Waals surface area contributed by atoms with Crippen LogP contribution in [0.15, 0.2) is 17.5 Å². The first kappa shape index (κ1) is 15.1. The van der Waals surface area contributed by atoms with Crippen molar-refractivity contribution in [3.8, 4) is 0 Å². The van der Waals surface area contributed by atoms with E-state index in [1.165, 1.54) is 18.4 Å². The number of aliphatic carboxylic acids is 1. The van der Waals surface area contributed by atoms with E-state index in [1.54, 1.807) is 31.4 Å². The van der Waals surface area contributed by atoms with Gasteiger partial charge in [-0.15, -0.1) is 11.3 Å². The summed E-state index contributed by atoms with van der Waals surface area (Å²) < 4.78 is 27.2. The van der Waals surface area contributed by atoms with E-state index in [1.807, 2.05) is 0 Å². The van der Waals surface area contributed by atoms with Gasteiger partial charge in [-0.3, -0.25) is 4.79 Å². The number of carboxylic acids is 1. The molecule has 18 heavy (non-hydrogen) atoms. The van der Waals surface area contributed by atoms with Crippen LogP contribution in [0.25, 0.3) is 0 Å². The predicted molar refractivity (Wildman–Crippen MR) is 69.7 cm³/mol. The molecule has 0 radical (unpaired) electrons. The average molecular weight is 292 g/mol. The highest BCUT2D eigenvalue weighted by Gasteiger charge is 2.29. The monoisotopic (exact) mass is 292 g/mol. The van der Waals surface area contributed by atoms with Crippen LogP contribution in [-0.4, -0.2) is 36.9 Å². The molecule has 0 spiro atoms. The van der Waals surface area contributed by atoms with Crippen molar-refractivity contribution in [1.82, 2.24) is 9.03 Å². The van der Waals surface area contributed by atoms with Crippen molar-refractivity contribution in [2.24, 2.45) is 0 Å². The van der Waals surface area contributed by atoms with E-state index in [2.05, 4.69) is 4.72 Å². The molecule has 0 saturated heterocycles. The summed E-state index contributed by atoms with van der Waals surface area (Å²) >= 11 is 1.19. The molecule has 1 rings (SSSR count). The third kappa shape index (κ3) is 3.52. The predicted octanol–water partition coefficient (Wildman–Crippen LogP) is 1.05. The summed E-state index contributed by atoms with van der Waals surface area (Å²) in [6.45, 7) is 3.42. The molecule has 0 aliphatic heterocycles. The van der Waals surface area contributed by atoms with Gasteiger partial charge in [0.05, 0.1) is 0 Å². The molecule has 2 N–H and O–H groups in total. The first-order chi connectivity index (χ1) is 8.25. The van der Waals surface area contributed by atoms with E-state index in [-0.39, 0.29) is 6.04 Å². The summed E-state index contributed by atoms with van der Waals surface area (Å²) in [5.74, 6) is -1.22. The third-order valence-electron chi connectivity index (χ3n) is 2.45. The van der Waals surface area contributed by atoms with Crippen LogP contribution in [0, 0.1) is 0 Å². The van der Waals surface area contributed by atoms with Crippen LogP contribution in [0.2, 0.25) is 0 Å². The van der Waals surface area contributed by atoms with Crippen LogP contribution in [0.3, 0.4) is 0 Å². The maximum absolute atomic E-state index is 11.9. The lowest BCUT2D eigenvalue weighted by Crippen LogP contribution is -2.45. The maximum Gasteiger partial charge on any atom is 0.327 e. The number of thiophene rings is 1. The smallest absolute Gasteiger partial charge is 0.327 e. The Morgan fingerprint density at radius 1 is 1.50 bits per heavy atom. The van der Waals surface area contributed by atoms with Gasteiger partial charge in [0, 0.05) is 18.0 Å². The van der Waals surface area contributed by atoms with E-state index in [0.717, 1.165) is 4.31 Å². The lowest BCUT2D eigenvalue weighted by molar-refractivity contribution is -0.139. The van der Waals surface area contributed by atoms with E-state index in [9.17, 15) is 13.2 Å². The summed E-state index contributed by atoms with van der Waals surface area (Å²) in [5, 5.41) is 10.8. The van der Waals surface area contributed by atoms with Crippen molar-refractivity contribution in [2.45, 2.75) is 25.9 Å². The molecule has 6 nitrogen and oxygen atoms in total. The second kappa shape index (κ2) is 5.79. The molecule has 0 amide bonds. The molecular weight excluding hydrogens is 276 g/mol. The maximum atomic E-state index is 11.9. The quantitative estimate of drug-likeness (QED) is 0.820. The zero-order chi connectivity index (χ0) is 13.9. The van der Waals surface area contributed by atoms with Gasteiger partial charge < -0.3 is 5.11 Å². The Morgan fingerprint density at radius 3 is 2.50 bits per heavy atom. The van der Waals surface area contributed by atoms with Gasteiger partial charge in [-0.2, -0.15) is 17.4 Å². The van der Waals surface area contributed by atoms with Crippen molar-refractivity contribution < 1.29 is 18.3 Å². The van der Waals surface area contributed by atoms with E-state index in [0.29, 0.717) is 4.88 Å². The molecule has 0 aliphatic rings. The summed E-state index contributed by atoms with van der Waals surface area (Å²) in [7, 11) is -2.42. The van der Waals surface area contributed by atoms with Crippen molar-refractivity contribution in [3.63, 3.8) is 0 Å². The number of carbonyl (C=O) groups is 1. The van der Waals surface area contributed by atoms with E-state index >= 15 is 0 Å². The van der Waals surface area contributed by atoms with Gasteiger partial charge in [-0.05, 0) is 25.3 Å². The Bertz CT molecular complexity index is 496. The molecule has 0 aliphatic carbocycles. The minimum absolute atomic E-state index is 0.250. The van der Waals surface area contributed by atoms with Crippen molar-refractivity contribution in [1.29, 1.82) is 0 Å². The van der Waals surface area contributed by atoms with Crippen LogP contribution < -0.4 is 4.72 Å². The lowest BCUT2D eigenvalue weighted by atomic mass is 10.3. The number of nitrogens with zero attached hydrogens (tertiary/aromatic N) is 1. The van der Waals surface area contributed by atoms with Gasteiger partial charge in [0.1, 0.15) is 0 Å². The van der Waals surface area contributed by atoms with Crippen molar-refractivity contribution in [2.75, 3.05) is 7.05 Å². The standard InChI is InChI=1S/C10H16N2O4S2/c1-7(2)12(3)18(15,16)11-9(10(13)14)8-5-4-6-17-8/h4-7,9,11H,1-3H3,(H,13,14). The minimum Gasteiger partial charge on any atom is -0.480 e. The van der Waals surface area contributed by atoms with E-state index < -0.39 is 22.2 Å². The number of carboxylic acid groups (broad SMARTS) is 1. The highest BCUT2D eigenvalue weighted by atomic mass is 32.2. The number of nitrogens with one attached hydrogen (secondary N) is 1. The zero-order valence-electron chi connectivity index (χ0n) is 10.3. The summed E-state index contributed by atoms with van der Waals surface area (Å²) in [4.78, 5) is 11.6. The topological polar surface area (TPSA) is 86.7 Å². The van der Waals surface area contributed by atoms with Gasteiger partial charge in [0.15, 0.2) is 6.04 Å². The molecule has 8 heteroatoms. The molecule has 0 aromatic carbocycles. The van der Waals surface area contributed by atoms with Gasteiger partial charge in [0.25, 0.3) is 10.2 Å². The van der Waals surface area contributed by atoms with Gasteiger partial charge in [-0.1, -0.05) is 6.07 Å². The minimum atomic E-state index is -3.82. The van der Waals surface area contributed by atoms with Crippen LogP contribution in [0.1, 0.15) is 24.8 Å². The van der Waals surface area contributed by atoms with Crippen molar-refractivity contribution >= 4 is 27.5 Å².